The maximum absolute atomic E-state index is 2.58. The summed E-state index contributed by atoms with van der Waals surface area (Å²) in [6.07, 6.45) is 4.91. The summed E-state index contributed by atoms with van der Waals surface area (Å²) in [6, 6.07) is 35.5. The van der Waals surface area contributed by atoms with Gasteiger partial charge in [0.05, 0.1) is 22.3 Å². The third-order valence-electron chi connectivity index (χ3n) is 9.78. The highest BCUT2D eigenvalue weighted by atomic mass is 28.3. The Morgan fingerprint density at radius 2 is 0.791 bits per heavy atom. The summed E-state index contributed by atoms with van der Waals surface area (Å²) in [5.74, 6) is 0. The Labute approximate surface area is 255 Å². The zero-order valence-corrected chi connectivity index (χ0v) is 26.8. The standard InChI is InChI=1S/C40H36N2Si/c1-25-15-7-11-19-31(25)41-33-21-13-9-17-29(33)37-35(41)23-27(3)39(37)43(5,6)40-28(4)24-36-38(40)30-18-10-14-22-34(30)42(36)32-20-12-8-16-26(32)2/h7-24H,1-6H3/q+2. The van der Waals surface area contributed by atoms with Crippen LogP contribution in [0.25, 0.3) is 11.1 Å². The van der Waals surface area contributed by atoms with Crippen LogP contribution >= 0.6 is 0 Å². The average Bonchev–Trinajstić information content (AvgIpc) is 3.69. The Balaban J connectivity index is 1.42. The Morgan fingerprint density at radius 3 is 1.19 bits per heavy atom. The molecule has 0 amide bonds. The molecule has 2 aliphatic carbocycles. The molecule has 8 rings (SSSR count). The maximum Gasteiger partial charge on any atom is 0.220 e. The first-order chi connectivity index (χ1) is 20.8. The molecule has 0 N–H and O–H groups in total. The molecule has 4 aromatic rings. The van der Waals surface area contributed by atoms with E-state index in [1.807, 2.05) is 0 Å². The van der Waals surface area contributed by atoms with Gasteiger partial charge in [-0.1, -0.05) is 73.8 Å². The predicted molar refractivity (Wildman–Crippen MR) is 187 cm³/mol. The molecular weight excluding hydrogens is 537 g/mol. The quantitative estimate of drug-likeness (QED) is 0.170. The molecule has 0 bridgehead atoms. The van der Waals surface area contributed by atoms with Crippen LogP contribution in [0.5, 0.6) is 0 Å². The summed E-state index contributed by atoms with van der Waals surface area (Å²) in [4.78, 5) is 0. The van der Waals surface area contributed by atoms with Crippen molar-refractivity contribution >= 4 is 53.4 Å². The molecule has 0 unspecified atom stereocenters. The maximum atomic E-state index is 2.58. The van der Waals surface area contributed by atoms with E-state index in [4.69, 9.17) is 0 Å². The molecule has 43 heavy (non-hydrogen) atoms. The number of nitrogens with zero attached hydrogens (tertiary/aromatic N) is 2. The smallest absolute Gasteiger partial charge is 0.153 e. The topological polar surface area (TPSA) is 6.02 Å². The lowest BCUT2D eigenvalue weighted by Gasteiger charge is -2.30. The van der Waals surface area contributed by atoms with Crippen molar-refractivity contribution in [1.29, 1.82) is 0 Å². The molecule has 0 radical (unpaired) electrons. The fraction of sp³-hybridized carbons (Fsp3) is 0.150. The third-order valence-corrected chi connectivity index (χ3v) is 13.6. The van der Waals surface area contributed by atoms with E-state index in [1.165, 1.54) is 78.7 Å². The summed E-state index contributed by atoms with van der Waals surface area (Å²) in [7, 11) is -2.23. The van der Waals surface area contributed by atoms with E-state index >= 15 is 0 Å². The molecule has 0 atom stereocenters. The molecule has 4 aliphatic rings. The van der Waals surface area contributed by atoms with Gasteiger partial charge in [0.15, 0.2) is 0 Å². The zero-order chi connectivity index (χ0) is 29.6. The molecule has 4 aromatic carbocycles. The van der Waals surface area contributed by atoms with E-state index in [0.717, 1.165) is 0 Å². The molecule has 0 spiro atoms. The normalized spacial score (nSPS) is 17.0. The Morgan fingerprint density at radius 1 is 0.442 bits per heavy atom. The monoisotopic (exact) mass is 572 g/mol. The molecule has 0 aromatic heterocycles. The Bertz CT molecular complexity index is 1980. The number of allylic oxidation sites excluding steroid dienone is 8. The summed E-state index contributed by atoms with van der Waals surface area (Å²) >= 11 is 0. The minimum absolute atomic E-state index is 1.26. The van der Waals surface area contributed by atoms with E-state index in [-0.39, 0.29) is 0 Å². The number of hydrogen-bond acceptors (Lipinski definition) is 0. The van der Waals surface area contributed by atoms with E-state index in [9.17, 15) is 0 Å². The van der Waals surface area contributed by atoms with Crippen LogP contribution in [0.2, 0.25) is 13.1 Å². The number of rotatable bonds is 4. The second kappa shape index (κ2) is 9.20. The van der Waals surface area contributed by atoms with Crippen LogP contribution in [0, 0.1) is 13.8 Å². The summed E-state index contributed by atoms with van der Waals surface area (Å²) in [5.41, 5.74) is 18.7. The third kappa shape index (κ3) is 3.52. The molecule has 208 valence electrons. The van der Waals surface area contributed by atoms with E-state index in [0.29, 0.717) is 0 Å². The van der Waals surface area contributed by atoms with Crippen molar-refractivity contribution in [2.24, 2.45) is 0 Å². The number of para-hydroxylation sites is 4. The predicted octanol–water partition coefficient (Wildman–Crippen LogP) is 9.80. The van der Waals surface area contributed by atoms with Crippen molar-refractivity contribution in [2.75, 3.05) is 0 Å². The van der Waals surface area contributed by atoms with Gasteiger partial charge in [-0.25, -0.2) is 0 Å². The molecule has 2 heterocycles. The first-order valence-electron chi connectivity index (χ1n) is 15.3. The van der Waals surface area contributed by atoms with Crippen LogP contribution in [0.3, 0.4) is 0 Å². The van der Waals surface area contributed by atoms with Crippen LogP contribution < -0.4 is 9.15 Å². The Kier molecular flexibility index (Phi) is 5.57. The Hall–Kier alpha value is -4.60. The van der Waals surface area contributed by atoms with Crippen molar-refractivity contribution in [2.45, 2.75) is 40.8 Å². The lowest BCUT2D eigenvalue weighted by Crippen LogP contribution is -2.34. The van der Waals surface area contributed by atoms with Gasteiger partial charge in [0, 0.05) is 47.5 Å². The van der Waals surface area contributed by atoms with Gasteiger partial charge in [0.25, 0.3) is 0 Å². The first-order valence-corrected chi connectivity index (χ1v) is 18.3. The largest absolute Gasteiger partial charge is 0.220 e. The SMILES string of the molecule is CC1=CC2=[N+](c3ccccc3C)c3ccccc3C2=C1[Si](C)(C)C1=C2C(=[N+](c3ccccc3C)c3ccccc32)C=C1C. The van der Waals surface area contributed by atoms with Crippen molar-refractivity contribution in [3.63, 3.8) is 0 Å². The molecule has 2 nitrogen and oxygen atoms in total. The fourth-order valence-corrected chi connectivity index (χ4v) is 12.3. The average molecular weight is 573 g/mol. The van der Waals surface area contributed by atoms with Crippen molar-refractivity contribution in [3.8, 4) is 0 Å². The zero-order valence-electron chi connectivity index (χ0n) is 25.8. The summed E-state index contributed by atoms with van der Waals surface area (Å²) in [6.45, 7) is 14.3. The first kappa shape index (κ1) is 26.1. The van der Waals surface area contributed by atoms with Gasteiger partial charge in [0.1, 0.15) is 8.07 Å². The number of hydrogen-bond donors (Lipinski definition) is 0. The molecular formula is C40H36N2Si+2. The second-order valence-corrected chi connectivity index (χ2v) is 17.1. The van der Waals surface area contributed by atoms with Crippen LogP contribution in [-0.4, -0.2) is 19.5 Å². The van der Waals surface area contributed by atoms with Crippen LogP contribution in [-0.2, 0) is 0 Å². The number of fused-ring (bicyclic) bond motifs is 6. The molecule has 0 fully saturated rings. The van der Waals surface area contributed by atoms with Crippen molar-refractivity contribution < 1.29 is 0 Å². The van der Waals surface area contributed by atoms with Crippen LogP contribution in [0.15, 0.2) is 131 Å². The van der Waals surface area contributed by atoms with Gasteiger partial charge < -0.3 is 0 Å². The number of aryl methyl sites for hydroxylation is 2. The van der Waals surface area contributed by atoms with E-state index in [2.05, 4.69) is 159 Å². The van der Waals surface area contributed by atoms with Crippen LogP contribution in [0.4, 0.5) is 22.7 Å². The van der Waals surface area contributed by atoms with Gasteiger partial charge in [-0.2, -0.15) is 9.15 Å². The highest BCUT2D eigenvalue weighted by molar-refractivity contribution is 6.95. The molecule has 3 heteroatoms. The van der Waals surface area contributed by atoms with Crippen molar-refractivity contribution in [1.82, 2.24) is 9.15 Å². The molecule has 0 saturated carbocycles. The lowest BCUT2D eigenvalue weighted by molar-refractivity contribution is 1.08. The lowest BCUT2D eigenvalue weighted by atomic mass is 10.0. The fourth-order valence-electron chi connectivity index (χ4n) is 8.15. The van der Waals surface area contributed by atoms with Gasteiger partial charge in [-0.05, 0) is 61.4 Å². The highest BCUT2D eigenvalue weighted by Gasteiger charge is 2.50. The highest BCUT2D eigenvalue weighted by Crippen LogP contribution is 2.52. The van der Waals surface area contributed by atoms with Gasteiger partial charge in [0.2, 0.25) is 34.2 Å². The summed E-state index contributed by atoms with van der Waals surface area (Å²) < 4.78 is 5.00. The summed E-state index contributed by atoms with van der Waals surface area (Å²) in [5, 5.41) is 3.13. The minimum atomic E-state index is -2.23. The minimum Gasteiger partial charge on any atom is -0.153 e. The van der Waals surface area contributed by atoms with Gasteiger partial charge in [-0.3, -0.25) is 0 Å². The van der Waals surface area contributed by atoms with Crippen LogP contribution in [0.1, 0.15) is 36.1 Å². The molecule has 2 aliphatic heterocycles. The van der Waals surface area contributed by atoms with Gasteiger partial charge >= 0.3 is 0 Å². The second-order valence-electron chi connectivity index (χ2n) is 12.8. The van der Waals surface area contributed by atoms with Crippen molar-refractivity contribution in [3.05, 3.63) is 153 Å². The van der Waals surface area contributed by atoms with E-state index < -0.39 is 8.07 Å². The molecule has 0 saturated heterocycles. The number of benzene rings is 4. The van der Waals surface area contributed by atoms with E-state index in [1.54, 1.807) is 10.4 Å². The van der Waals surface area contributed by atoms with Gasteiger partial charge in [-0.15, -0.1) is 0 Å².